The van der Waals surface area contributed by atoms with Crippen LogP contribution in [0.2, 0.25) is 0 Å². The van der Waals surface area contributed by atoms with Crippen LogP contribution in [0.5, 0.6) is 0 Å². The van der Waals surface area contributed by atoms with Crippen molar-refractivity contribution in [3.8, 4) is 0 Å². The summed E-state index contributed by atoms with van der Waals surface area (Å²) in [6, 6.07) is 16.8. The Bertz CT molecular complexity index is 1270. The first kappa shape index (κ1) is 27.0. The summed E-state index contributed by atoms with van der Waals surface area (Å²) in [5.74, 6) is 0. The average Bonchev–Trinajstić information content (AvgIpc) is 3.43. The molecule has 0 saturated carbocycles. The number of unbranched alkanes of at least 4 members (excludes halogenated alkanes) is 1. The molecule has 3 aromatic rings. The lowest BCUT2D eigenvalue weighted by Crippen LogP contribution is -2.43. The van der Waals surface area contributed by atoms with Gasteiger partial charge in [-0.3, -0.25) is 4.90 Å². The molecule has 1 N–H and O–H groups in total. The zero-order valence-electron chi connectivity index (χ0n) is 23.8. The summed E-state index contributed by atoms with van der Waals surface area (Å²) >= 11 is 0. The van der Waals surface area contributed by atoms with Crippen molar-refractivity contribution < 1.29 is 4.74 Å². The Morgan fingerprint density at radius 3 is 2.66 bits per heavy atom. The van der Waals surface area contributed by atoms with E-state index in [9.17, 15) is 0 Å². The highest BCUT2D eigenvalue weighted by Crippen LogP contribution is 2.37. The summed E-state index contributed by atoms with van der Waals surface area (Å²) in [4.78, 5) is 6.16. The predicted octanol–water partition coefficient (Wildman–Crippen LogP) is 8.59. The number of rotatable bonds is 9. The Morgan fingerprint density at radius 2 is 1.87 bits per heavy atom. The summed E-state index contributed by atoms with van der Waals surface area (Å²) in [5, 5.41) is 1.31. The van der Waals surface area contributed by atoms with Crippen molar-refractivity contribution in [2.45, 2.75) is 84.6 Å². The Morgan fingerprint density at radius 1 is 1.03 bits per heavy atom. The number of fused-ring (bicyclic) bond motifs is 1. The van der Waals surface area contributed by atoms with E-state index >= 15 is 0 Å². The van der Waals surface area contributed by atoms with Gasteiger partial charge in [-0.1, -0.05) is 64.0 Å². The molecule has 0 amide bonds. The smallest absolute Gasteiger partial charge is 0.0480 e. The van der Waals surface area contributed by atoms with Gasteiger partial charge in [-0.25, -0.2) is 0 Å². The van der Waals surface area contributed by atoms with Crippen LogP contribution in [-0.2, 0) is 17.6 Å². The predicted molar refractivity (Wildman–Crippen MR) is 163 cm³/mol. The van der Waals surface area contributed by atoms with E-state index in [4.69, 9.17) is 4.74 Å². The van der Waals surface area contributed by atoms with Crippen LogP contribution >= 0.6 is 0 Å². The number of aromatic nitrogens is 1. The largest absolute Gasteiger partial charge is 0.381 e. The van der Waals surface area contributed by atoms with Crippen LogP contribution < -0.4 is 0 Å². The summed E-state index contributed by atoms with van der Waals surface area (Å²) in [5.41, 5.74) is 11.8. The molecule has 2 aromatic carbocycles. The zero-order valence-corrected chi connectivity index (χ0v) is 23.8. The van der Waals surface area contributed by atoms with Gasteiger partial charge in [0.15, 0.2) is 0 Å². The molecule has 5 rings (SSSR count). The molecule has 0 atom stereocenters. The molecule has 0 unspecified atom stereocenters. The number of aryl methyl sites for hydroxylation is 2. The van der Waals surface area contributed by atoms with E-state index in [2.05, 4.69) is 85.4 Å². The molecule has 0 radical (unpaired) electrons. The Hall–Kier alpha value is -2.62. The molecule has 0 spiro atoms. The van der Waals surface area contributed by atoms with Gasteiger partial charge < -0.3 is 9.72 Å². The maximum absolute atomic E-state index is 5.73. The third-order valence-electron chi connectivity index (χ3n) is 8.68. The van der Waals surface area contributed by atoms with Gasteiger partial charge in [-0.15, -0.1) is 0 Å². The highest BCUT2D eigenvalue weighted by Gasteiger charge is 2.29. The molecule has 0 aliphatic carbocycles. The number of likely N-dealkylation sites (tertiary alicyclic amines) is 1. The summed E-state index contributed by atoms with van der Waals surface area (Å²) in [6.45, 7) is 10.9. The summed E-state index contributed by atoms with van der Waals surface area (Å²) < 4.78 is 5.73. The third-order valence-corrected chi connectivity index (χ3v) is 8.68. The molecule has 0 bridgehead atoms. The Labute approximate surface area is 230 Å². The third kappa shape index (κ3) is 6.00. The second-order valence-electron chi connectivity index (χ2n) is 11.2. The first-order valence-corrected chi connectivity index (χ1v) is 15.1. The van der Waals surface area contributed by atoms with Crippen LogP contribution in [0.15, 0.2) is 59.8 Å². The minimum absolute atomic E-state index is 0.637. The molecule has 2 saturated heterocycles. The summed E-state index contributed by atoms with van der Waals surface area (Å²) in [6.07, 6.45) is 15.1. The fourth-order valence-corrected chi connectivity index (χ4v) is 6.49. The molecule has 38 heavy (non-hydrogen) atoms. The lowest BCUT2D eigenvalue weighted by molar-refractivity contribution is 0.0358. The lowest BCUT2D eigenvalue weighted by atomic mass is 9.84. The molecule has 2 aliphatic heterocycles. The normalized spacial score (nSPS) is 19.9. The zero-order chi connectivity index (χ0) is 26.3. The number of ether oxygens (including phenoxy) is 1. The molecule has 2 aliphatic rings. The summed E-state index contributed by atoms with van der Waals surface area (Å²) in [7, 11) is 0. The number of H-pyrrole nitrogens is 1. The number of hydrogen-bond acceptors (Lipinski definition) is 2. The molecule has 202 valence electrons. The van der Waals surface area contributed by atoms with Gasteiger partial charge in [-0.2, -0.15) is 0 Å². The molecule has 3 nitrogen and oxygen atoms in total. The van der Waals surface area contributed by atoms with E-state index in [1.807, 2.05) is 0 Å². The molecule has 3 heteroatoms. The van der Waals surface area contributed by atoms with E-state index < -0.39 is 0 Å². The Balaban J connectivity index is 1.64. The number of piperidine rings is 1. The van der Waals surface area contributed by atoms with Crippen LogP contribution in [0.3, 0.4) is 0 Å². The number of aromatic amines is 1. The molecule has 3 heterocycles. The first-order valence-electron chi connectivity index (χ1n) is 15.1. The molecular formula is C35H46N2O. The van der Waals surface area contributed by atoms with Gasteiger partial charge in [0.2, 0.25) is 0 Å². The highest BCUT2D eigenvalue weighted by molar-refractivity contribution is 5.86. The van der Waals surface area contributed by atoms with Crippen LogP contribution in [0, 0.1) is 0 Å². The molecule has 2 fully saturated rings. The van der Waals surface area contributed by atoms with E-state index in [-0.39, 0.29) is 0 Å². The van der Waals surface area contributed by atoms with E-state index in [1.165, 1.54) is 52.4 Å². The van der Waals surface area contributed by atoms with Crippen molar-refractivity contribution in [1.29, 1.82) is 0 Å². The van der Waals surface area contributed by atoms with Crippen LogP contribution in [0.1, 0.15) is 88.0 Å². The SMILES string of the molecule is CCCC/C(=C1/CN(C2CCOCC2)CC/C1=C/c1c(CC)cccc1CCC)c1ccc2[nH]ccc2c1. The van der Waals surface area contributed by atoms with E-state index in [1.54, 1.807) is 16.7 Å². The first-order chi connectivity index (χ1) is 18.7. The van der Waals surface area contributed by atoms with Gasteiger partial charge in [0.25, 0.3) is 0 Å². The topological polar surface area (TPSA) is 28.3 Å². The fraction of sp³-hybridized carbons (Fsp3) is 0.486. The van der Waals surface area contributed by atoms with Crippen molar-refractivity contribution >= 4 is 22.6 Å². The van der Waals surface area contributed by atoms with Crippen LogP contribution in [0.4, 0.5) is 0 Å². The lowest BCUT2D eigenvalue weighted by Gasteiger charge is -2.39. The van der Waals surface area contributed by atoms with Crippen molar-refractivity contribution in [3.63, 3.8) is 0 Å². The Kier molecular flexibility index (Phi) is 9.19. The van der Waals surface area contributed by atoms with Gasteiger partial charge in [0, 0.05) is 44.1 Å². The maximum atomic E-state index is 5.73. The van der Waals surface area contributed by atoms with Crippen molar-refractivity contribution in [2.75, 3.05) is 26.3 Å². The average molecular weight is 511 g/mol. The van der Waals surface area contributed by atoms with Gasteiger partial charge >= 0.3 is 0 Å². The minimum Gasteiger partial charge on any atom is -0.381 e. The number of allylic oxidation sites excluding steroid dienone is 1. The van der Waals surface area contributed by atoms with Crippen LogP contribution in [0.25, 0.3) is 22.6 Å². The fourth-order valence-electron chi connectivity index (χ4n) is 6.49. The number of benzene rings is 2. The van der Waals surface area contributed by atoms with Gasteiger partial charge in [0.1, 0.15) is 0 Å². The standard InChI is InChI=1S/C35H46N2O/c1-4-7-12-32(28-13-14-35-30(23-28)15-19-36-35)34-25-37(31-17-21-38-22-18-31)20-16-29(34)24-33-26(6-3)10-8-11-27(33)9-5-2/h8,10-11,13-15,19,23-24,31,36H,4-7,9,12,16-18,20-22,25H2,1-3H3/b29-24-,34-32+. The number of hydrogen-bond donors (Lipinski definition) is 1. The second-order valence-corrected chi connectivity index (χ2v) is 11.2. The van der Waals surface area contributed by atoms with Gasteiger partial charge in [-0.05, 0) is 108 Å². The van der Waals surface area contributed by atoms with Crippen molar-refractivity contribution in [2.24, 2.45) is 0 Å². The number of nitrogens with one attached hydrogen (secondary N) is 1. The highest BCUT2D eigenvalue weighted by atomic mass is 16.5. The quantitative estimate of drug-likeness (QED) is 0.312. The monoisotopic (exact) mass is 510 g/mol. The molecule has 1 aromatic heterocycles. The van der Waals surface area contributed by atoms with Crippen molar-refractivity contribution in [3.05, 3.63) is 82.1 Å². The number of nitrogens with zero attached hydrogens (tertiary/aromatic N) is 1. The molecular weight excluding hydrogens is 464 g/mol. The maximum Gasteiger partial charge on any atom is 0.0480 e. The minimum atomic E-state index is 0.637. The van der Waals surface area contributed by atoms with Gasteiger partial charge in [0.05, 0.1) is 0 Å². The van der Waals surface area contributed by atoms with E-state index in [0.29, 0.717) is 6.04 Å². The van der Waals surface area contributed by atoms with Crippen LogP contribution in [-0.4, -0.2) is 42.2 Å². The second kappa shape index (κ2) is 13.0. The van der Waals surface area contributed by atoms with E-state index in [0.717, 1.165) is 64.8 Å². The van der Waals surface area contributed by atoms with Crippen molar-refractivity contribution in [1.82, 2.24) is 9.88 Å².